The Morgan fingerprint density at radius 2 is 2.08 bits per heavy atom. The van der Waals surface area contributed by atoms with E-state index in [1.165, 1.54) is 0 Å². The number of hydrogen-bond acceptors (Lipinski definition) is 4. The predicted octanol–water partition coefficient (Wildman–Crippen LogP) is 0.459. The molecule has 0 fully saturated rings. The molecule has 3 atom stereocenters. The first kappa shape index (κ1) is 13.2. The van der Waals surface area contributed by atoms with Gasteiger partial charge in [-0.3, -0.25) is 0 Å². The van der Waals surface area contributed by atoms with E-state index in [-0.39, 0.29) is 24.0 Å². The molecule has 0 saturated heterocycles. The molecule has 4 heteroatoms. The van der Waals surface area contributed by atoms with Crippen LogP contribution in [0, 0.1) is 0 Å². The van der Waals surface area contributed by atoms with Crippen LogP contribution in [0.3, 0.4) is 0 Å². The Labute approximate surface area is 84.9 Å². The lowest BCUT2D eigenvalue weighted by molar-refractivity contribution is 0.161. The van der Waals surface area contributed by atoms with Crippen LogP contribution in [0.25, 0.3) is 0 Å². The van der Waals surface area contributed by atoms with E-state index in [9.17, 15) is 5.11 Å². The Balaban J connectivity index is 3.65. The van der Waals surface area contributed by atoms with Crippen molar-refractivity contribution < 1.29 is 10.2 Å². The molecule has 0 aromatic carbocycles. The molecule has 0 bridgehead atoms. The summed E-state index contributed by atoms with van der Waals surface area (Å²) in [5, 5.41) is 21.7. The van der Waals surface area contributed by atoms with E-state index in [1.807, 2.05) is 20.1 Å². The molecule has 0 aliphatic heterocycles. The zero-order valence-corrected chi connectivity index (χ0v) is 9.47. The molecule has 0 aromatic heterocycles. The van der Waals surface area contributed by atoms with E-state index in [2.05, 4.69) is 5.32 Å². The number of rotatable bonds is 7. The van der Waals surface area contributed by atoms with Gasteiger partial charge in [-0.25, -0.2) is 0 Å². The first-order valence-electron chi connectivity index (χ1n) is 4.70. The van der Waals surface area contributed by atoms with Crippen molar-refractivity contribution in [3.63, 3.8) is 0 Å². The molecular weight excluding hydrogens is 186 g/mol. The molecule has 0 heterocycles. The maximum Gasteiger partial charge on any atom is 0.0662 e. The number of thioether (sulfide) groups is 1. The number of hydrogen-bond donors (Lipinski definition) is 3. The second kappa shape index (κ2) is 7.62. The summed E-state index contributed by atoms with van der Waals surface area (Å²) in [5.74, 6) is 0. The molecule has 3 unspecified atom stereocenters. The van der Waals surface area contributed by atoms with Gasteiger partial charge in [0.1, 0.15) is 0 Å². The van der Waals surface area contributed by atoms with Crippen LogP contribution in [-0.4, -0.2) is 47.0 Å². The van der Waals surface area contributed by atoms with Gasteiger partial charge in [-0.05, 0) is 19.6 Å². The van der Waals surface area contributed by atoms with Crippen LogP contribution >= 0.6 is 11.8 Å². The molecule has 0 rings (SSSR count). The minimum atomic E-state index is -0.274. The van der Waals surface area contributed by atoms with Gasteiger partial charge in [0.2, 0.25) is 0 Å². The van der Waals surface area contributed by atoms with Gasteiger partial charge >= 0.3 is 0 Å². The van der Waals surface area contributed by atoms with Crippen LogP contribution < -0.4 is 5.32 Å². The third kappa shape index (κ3) is 5.52. The highest BCUT2D eigenvalue weighted by Gasteiger charge is 2.15. The average molecular weight is 207 g/mol. The van der Waals surface area contributed by atoms with E-state index in [0.717, 1.165) is 6.42 Å². The summed E-state index contributed by atoms with van der Waals surface area (Å²) in [6.45, 7) is 4.77. The number of aliphatic hydroxyl groups excluding tert-OH is 2. The van der Waals surface area contributed by atoms with Gasteiger partial charge in [0, 0.05) is 17.8 Å². The van der Waals surface area contributed by atoms with Crippen molar-refractivity contribution in [2.75, 3.05) is 19.4 Å². The maximum absolute atomic E-state index is 9.30. The van der Waals surface area contributed by atoms with Crippen LogP contribution in [-0.2, 0) is 0 Å². The third-order valence-electron chi connectivity index (χ3n) is 2.19. The molecule has 80 valence electrons. The third-order valence-corrected chi connectivity index (χ3v) is 3.35. The lowest BCUT2D eigenvalue weighted by Gasteiger charge is -2.22. The summed E-state index contributed by atoms with van der Waals surface area (Å²) < 4.78 is 0. The van der Waals surface area contributed by atoms with Gasteiger partial charge in [0.25, 0.3) is 0 Å². The lowest BCUT2D eigenvalue weighted by atomic mass is 10.2. The summed E-state index contributed by atoms with van der Waals surface area (Å²) in [7, 11) is 0. The Hall–Kier alpha value is 0.230. The Kier molecular flexibility index (Phi) is 7.75. The predicted molar refractivity (Wildman–Crippen MR) is 58.2 cm³/mol. The summed E-state index contributed by atoms with van der Waals surface area (Å²) >= 11 is 1.64. The molecular formula is C9H21NO2S. The van der Waals surface area contributed by atoms with Gasteiger partial charge in [0.05, 0.1) is 12.7 Å². The highest BCUT2D eigenvalue weighted by atomic mass is 32.2. The van der Waals surface area contributed by atoms with Crippen LogP contribution in [0.5, 0.6) is 0 Å². The molecule has 0 saturated carbocycles. The van der Waals surface area contributed by atoms with Crippen molar-refractivity contribution in [2.45, 2.75) is 37.7 Å². The Bertz CT molecular complexity index is 120. The SMILES string of the molecule is CCC(O)CNC(C)C(CO)SC. The van der Waals surface area contributed by atoms with Gasteiger partial charge in [-0.2, -0.15) is 11.8 Å². The van der Waals surface area contributed by atoms with Crippen molar-refractivity contribution in [3.05, 3.63) is 0 Å². The van der Waals surface area contributed by atoms with E-state index in [0.29, 0.717) is 6.54 Å². The topological polar surface area (TPSA) is 52.5 Å². The molecule has 0 spiro atoms. The fraction of sp³-hybridized carbons (Fsp3) is 1.00. The summed E-state index contributed by atoms with van der Waals surface area (Å²) in [6.07, 6.45) is 2.47. The highest BCUT2D eigenvalue weighted by molar-refractivity contribution is 7.99. The van der Waals surface area contributed by atoms with Crippen LogP contribution in [0.1, 0.15) is 20.3 Å². The Morgan fingerprint density at radius 1 is 1.46 bits per heavy atom. The van der Waals surface area contributed by atoms with Gasteiger partial charge in [0.15, 0.2) is 0 Å². The zero-order valence-electron chi connectivity index (χ0n) is 8.66. The molecule has 0 aliphatic carbocycles. The summed E-state index contributed by atoms with van der Waals surface area (Å²) in [6, 6.07) is 0.237. The largest absolute Gasteiger partial charge is 0.395 e. The lowest BCUT2D eigenvalue weighted by Crippen LogP contribution is -2.41. The second-order valence-corrected chi connectivity index (χ2v) is 4.29. The van der Waals surface area contributed by atoms with Crippen molar-refractivity contribution in [1.82, 2.24) is 5.32 Å². The quantitative estimate of drug-likeness (QED) is 0.568. The van der Waals surface area contributed by atoms with Crippen molar-refractivity contribution in [2.24, 2.45) is 0 Å². The first-order valence-corrected chi connectivity index (χ1v) is 5.99. The van der Waals surface area contributed by atoms with E-state index < -0.39 is 0 Å². The number of aliphatic hydroxyl groups is 2. The van der Waals surface area contributed by atoms with Gasteiger partial charge in [-0.1, -0.05) is 6.92 Å². The summed E-state index contributed by atoms with van der Waals surface area (Å²) in [4.78, 5) is 0. The molecule has 0 amide bonds. The first-order chi connectivity index (χ1) is 6.15. The molecule has 3 nitrogen and oxygen atoms in total. The van der Waals surface area contributed by atoms with Crippen molar-refractivity contribution >= 4 is 11.8 Å². The van der Waals surface area contributed by atoms with Crippen molar-refractivity contribution in [3.8, 4) is 0 Å². The normalized spacial score (nSPS) is 18.2. The summed E-state index contributed by atoms with van der Waals surface area (Å²) in [5.41, 5.74) is 0. The molecule has 0 aromatic rings. The fourth-order valence-corrected chi connectivity index (χ4v) is 1.69. The number of nitrogens with one attached hydrogen (secondary N) is 1. The molecule has 0 aliphatic rings. The highest BCUT2D eigenvalue weighted by Crippen LogP contribution is 2.10. The fourth-order valence-electron chi connectivity index (χ4n) is 1.03. The smallest absolute Gasteiger partial charge is 0.0662 e. The molecule has 13 heavy (non-hydrogen) atoms. The van der Waals surface area contributed by atoms with Crippen LogP contribution in [0.2, 0.25) is 0 Å². The van der Waals surface area contributed by atoms with Crippen LogP contribution in [0.15, 0.2) is 0 Å². The zero-order chi connectivity index (χ0) is 10.3. The van der Waals surface area contributed by atoms with E-state index >= 15 is 0 Å². The van der Waals surface area contributed by atoms with Crippen molar-refractivity contribution in [1.29, 1.82) is 0 Å². The minimum Gasteiger partial charge on any atom is -0.395 e. The second-order valence-electron chi connectivity index (χ2n) is 3.22. The van der Waals surface area contributed by atoms with Gasteiger partial charge < -0.3 is 15.5 Å². The van der Waals surface area contributed by atoms with Gasteiger partial charge in [-0.15, -0.1) is 0 Å². The maximum atomic E-state index is 9.30. The average Bonchev–Trinajstić information content (AvgIpc) is 2.16. The molecule has 0 radical (unpaired) electrons. The van der Waals surface area contributed by atoms with Crippen LogP contribution in [0.4, 0.5) is 0 Å². The van der Waals surface area contributed by atoms with E-state index in [4.69, 9.17) is 5.11 Å². The standard InChI is InChI=1S/C9H21NO2S/c1-4-8(12)5-10-7(2)9(6-11)13-3/h7-12H,4-6H2,1-3H3. The van der Waals surface area contributed by atoms with E-state index in [1.54, 1.807) is 11.8 Å². The minimum absolute atomic E-state index is 0.178. The molecule has 3 N–H and O–H groups in total. The Morgan fingerprint density at radius 3 is 2.46 bits per heavy atom. The monoisotopic (exact) mass is 207 g/mol.